The van der Waals surface area contributed by atoms with Crippen LogP contribution in [0.3, 0.4) is 0 Å². The molecule has 0 spiro atoms. The number of carboxylic acid groups (broad SMARTS) is 1. The zero-order valence-corrected chi connectivity index (χ0v) is 20.0. The molecule has 180 valence electrons. The second-order valence-corrected chi connectivity index (χ2v) is 10.4. The molecule has 0 saturated carbocycles. The van der Waals surface area contributed by atoms with E-state index >= 15 is 0 Å². The summed E-state index contributed by atoms with van der Waals surface area (Å²) in [4.78, 5) is 11.2. The molecule has 7 nitrogen and oxygen atoms in total. The van der Waals surface area contributed by atoms with Crippen LogP contribution in [0.4, 0.5) is 11.4 Å². The Bertz CT molecular complexity index is 1380. The van der Waals surface area contributed by atoms with Crippen molar-refractivity contribution in [3.63, 3.8) is 0 Å². The number of allylic oxidation sites excluding steroid dienone is 2. The average Bonchev–Trinajstić information content (AvgIpc) is 3.34. The third-order valence-corrected chi connectivity index (χ3v) is 7.96. The van der Waals surface area contributed by atoms with Crippen molar-refractivity contribution in [1.29, 1.82) is 0 Å². The molecule has 8 heteroatoms. The molecule has 2 aliphatic rings. The van der Waals surface area contributed by atoms with Crippen LogP contribution >= 0.6 is 0 Å². The first-order valence-corrected chi connectivity index (χ1v) is 13.0. The van der Waals surface area contributed by atoms with Crippen LogP contribution in [0.5, 0.6) is 5.75 Å². The van der Waals surface area contributed by atoms with Crippen molar-refractivity contribution in [2.45, 2.75) is 30.2 Å². The maximum absolute atomic E-state index is 13.1. The summed E-state index contributed by atoms with van der Waals surface area (Å²) in [7, 11) is -3.85. The Balaban J connectivity index is 1.42. The maximum atomic E-state index is 13.1. The van der Waals surface area contributed by atoms with Gasteiger partial charge in [-0.25, -0.2) is 13.2 Å². The van der Waals surface area contributed by atoms with Gasteiger partial charge in [0.15, 0.2) is 0 Å². The molecule has 5 rings (SSSR count). The third-order valence-electron chi connectivity index (χ3n) is 6.58. The van der Waals surface area contributed by atoms with Crippen LogP contribution in [0, 0.1) is 5.92 Å². The van der Waals surface area contributed by atoms with E-state index in [1.165, 1.54) is 29.8 Å². The summed E-state index contributed by atoms with van der Waals surface area (Å²) in [6.45, 7) is 2.58. The molecule has 1 aliphatic carbocycles. The predicted molar refractivity (Wildman–Crippen MR) is 135 cm³/mol. The number of hydrogen-bond donors (Lipinski definition) is 3. The number of aromatic carboxylic acids is 1. The molecule has 0 unspecified atom stereocenters. The topological polar surface area (TPSA) is 105 Å². The van der Waals surface area contributed by atoms with Gasteiger partial charge in [-0.05, 0) is 85.0 Å². The minimum Gasteiger partial charge on any atom is -0.494 e. The number of carboxylic acids is 1. The molecule has 0 fully saturated rings. The molecular formula is C27H26N2O5S. The molecule has 0 aromatic heterocycles. The van der Waals surface area contributed by atoms with Crippen molar-refractivity contribution < 1.29 is 23.1 Å². The number of anilines is 2. The molecule has 35 heavy (non-hydrogen) atoms. The Morgan fingerprint density at radius 2 is 1.83 bits per heavy atom. The second kappa shape index (κ2) is 9.11. The quantitative estimate of drug-likeness (QED) is 0.383. The van der Waals surface area contributed by atoms with Gasteiger partial charge in [0.2, 0.25) is 0 Å². The van der Waals surface area contributed by atoms with Gasteiger partial charge in [-0.1, -0.05) is 24.3 Å². The van der Waals surface area contributed by atoms with E-state index in [1.54, 1.807) is 12.1 Å². The van der Waals surface area contributed by atoms with Gasteiger partial charge in [0.25, 0.3) is 10.0 Å². The predicted octanol–water partition coefficient (Wildman–Crippen LogP) is 5.41. The Morgan fingerprint density at radius 1 is 1.09 bits per heavy atom. The monoisotopic (exact) mass is 490 g/mol. The summed E-state index contributed by atoms with van der Waals surface area (Å²) in [5, 5.41) is 12.7. The van der Waals surface area contributed by atoms with Gasteiger partial charge in [0, 0.05) is 17.3 Å². The lowest BCUT2D eigenvalue weighted by molar-refractivity contribution is 0.0697. The maximum Gasteiger partial charge on any atom is 0.335 e. The molecule has 3 aromatic carbocycles. The Labute approximate surface area is 204 Å². The first kappa shape index (κ1) is 23.0. The van der Waals surface area contributed by atoms with Crippen molar-refractivity contribution in [1.82, 2.24) is 0 Å². The van der Waals surface area contributed by atoms with Gasteiger partial charge in [0.05, 0.1) is 23.1 Å². The lowest BCUT2D eigenvalue weighted by atomic mass is 9.77. The Hall–Kier alpha value is -3.78. The standard InChI is InChI=1S/C27H26N2O5S/c1-2-34-20-12-8-17(9-13-20)26-23-5-3-4-22(23)24-16-21(14-15-25(24)28-26)35(32,33)29-19-10-6-18(7-11-19)27(30)31/h3-4,6-16,22-23,26,28-29H,2,5H2,1H3,(H,30,31)/t22-,23+,26+/m0/s1. The molecule has 0 radical (unpaired) electrons. The molecule has 3 N–H and O–H groups in total. The van der Waals surface area contributed by atoms with E-state index in [9.17, 15) is 13.2 Å². The second-order valence-electron chi connectivity index (χ2n) is 8.71. The van der Waals surface area contributed by atoms with E-state index in [1.807, 2.05) is 25.1 Å². The Kier molecular flexibility index (Phi) is 5.98. The number of fused-ring (bicyclic) bond motifs is 3. The van der Waals surface area contributed by atoms with E-state index in [0.29, 0.717) is 12.3 Å². The van der Waals surface area contributed by atoms with Gasteiger partial charge >= 0.3 is 5.97 Å². The fourth-order valence-electron chi connectivity index (χ4n) is 4.90. The minimum absolute atomic E-state index is 0.0916. The van der Waals surface area contributed by atoms with E-state index < -0.39 is 16.0 Å². The summed E-state index contributed by atoms with van der Waals surface area (Å²) in [5.74, 6) is 0.153. The normalized spacial score (nSPS) is 20.4. The van der Waals surface area contributed by atoms with Crippen molar-refractivity contribution in [2.75, 3.05) is 16.6 Å². The number of nitrogens with one attached hydrogen (secondary N) is 2. The third kappa shape index (κ3) is 4.49. The number of hydrogen-bond acceptors (Lipinski definition) is 5. The average molecular weight is 491 g/mol. The molecule has 3 aromatic rings. The van der Waals surface area contributed by atoms with Crippen LogP contribution in [0.2, 0.25) is 0 Å². The SMILES string of the molecule is CCOc1ccc([C@H]2Nc3ccc(S(=O)(=O)Nc4ccc(C(=O)O)cc4)cc3[C@H]3C=CC[C@H]32)cc1. The van der Waals surface area contributed by atoms with E-state index in [-0.39, 0.29) is 28.3 Å². The highest BCUT2D eigenvalue weighted by molar-refractivity contribution is 7.92. The molecule has 1 heterocycles. The molecule has 3 atom stereocenters. The van der Waals surface area contributed by atoms with Crippen LogP contribution in [0.1, 0.15) is 46.8 Å². The Morgan fingerprint density at radius 3 is 2.51 bits per heavy atom. The summed E-state index contributed by atoms with van der Waals surface area (Å²) in [6, 6.07) is 19.0. The van der Waals surface area contributed by atoms with Crippen LogP contribution in [-0.2, 0) is 10.0 Å². The highest BCUT2D eigenvalue weighted by Gasteiger charge is 2.38. The van der Waals surface area contributed by atoms with E-state index in [2.05, 4.69) is 34.3 Å². The molecule has 1 aliphatic heterocycles. The highest BCUT2D eigenvalue weighted by atomic mass is 32.2. The van der Waals surface area contributed by atoms with Crippen molar-refractivity contribution in [3.8, 4) is 5.75 Å². The number of sulfonamides is 1. The summed E-state index contributed by atoms with van der Waals surface area (Å²) < 4.78 is 34.3. The smallest absolute Gasteiger partial charge is 0.335 e. The van der Waals surface area contributed by atoms with Crippen LogP contribution < -0.4 is 14.8 Å². The van der Waals surface area contributed by atoms with E-state index in [0.717, 1.165) is 23.4 Å². The van der Waals surface area contributed by atoms with Gasteiger partial charge in [0.1, 0.15) is 5.75 Å². The number of rotatable bonds is 7. The first-order chi connectivity index (χ1) is 16.9. The number of benzene rings is 3. The van der Waals surface area contributed by atoms with Gasteiger partial charge in [-0.15, -0.1) is 0 Å². The summed E-state index contributed by atoms with van der Waals surface area (Å²) >= 11 is 0. The van der Waals surface area contributed by atoms with E-state index in [4.69, 9.17) is 9.84 Å². The summed E-state index contributed by atoms with van der Waals surface area (Å²) in [5.41, 5.74) is 3.44. The fraction of sp³-hybridized carbons (Fsp3) is 0.222. The molecule has 0 amide bonds. The van der Waals surface area contributed by atoms with Gasteiger partial charge < -0.3 is 15.2 Å². The zero-order chi connectivity index (χ0) is 24.6. The van der Waals surface area contributed by atoms with Gasteiger partial charge in [-0.2, -0.15) is 0 Å². The molecule has 0 bridgehead atoms. The molecular weight excluding hydrogens is 464 g/mol. The number of ether oxygens (including phenoxy) is 1. The largest absolute Gasteiger partial charge is 0.494 e. The van der Waals surface area contributed by atoms with Crippen LogP contribution in [-0.4, -0.2) is 26.1 Å². The fourth-order valence-corrected chi connectivity index (χ4v) is 6.00. The number of carbonyl (C=O) groups is 1. The zero-order valence-electron chi connectivity index (χ0n) is 19.1. The lowest BCUT2D eigenvalue weighted by Crippen LogP contribution is -2.29. The summed E-state index contributed by atoms with van der Waals surface area (Å²) in [6.07, 6.45) is 5.23. The lowest BCUT2D eigenvalue weighted by Gasteiger charge is -2.37. The molecule has 0 saturated heterocycles. The first-order valence-electron chi connectivity index (χ1n) is 11.5. The minimum atomic E-state index is -3.85. The highest BCUT2D eigenvalue weighted by Crippen LogP contribution is 2.50. The van der Waals surface area contributed by atoms with Crippen molar-refractivity contribution >= 4 is 27.4 Å². The van der Waals surface area contributed by atoms with Crippen LogP contribution in [0.25, 0.3) is 0 Å². The van der Waals surface area contributed by atoms with Gasteiger partial charge in [-0.3, -0.25) is 4.72 Å². The van der Waals surface area contributed by atoms with Crippen molar-refractivity contribution in [3.05, 3.63) is 95.6 Å². The van der Waals surface area contributed by atoms with Crippen LogP contribution in [0.15, 0.2) is 83.8 Å². The van der Waals surface area contributed by atoms with Crippen molar-refractivity contribution in [2.24, 2.45) is 5.92 Å².